The molecular weight excluding hydrogens is 1190 g/mol. The zero-order chi connectivity index (χ0) is 65.9. The lowest BCUT2D eigenvalue weighted by Gasteiger charge is -2.33. The van der Waals surface area contributed by atoms with Crippen molar-refractivity contribution in [2.75, 3.05) is 0 Å². The quantitative estimate of drug-likeness (QED) is 0.0357. The molecule has 4 aromatic heterocycles. The third-order valence-corrected chi connectivity index (χ3v) is 23.6. The van der Waals surface area contributed by atoms with Crippen molar-refractivity contribution >= 4 is 44.9 Å². The molecule has 0 unspecified atom stereocenters. The fraction of sp³-hybridized carbons (Fsp3) is 0.551. The minimum Gasteiger partial charge on any atom is -0.440 e. The van der Waals surface area contributed by atoms with Gasteiger partial charge in [0, 0.05) is 37.8 Å². The first kappa shape index (κ1) is 72.2. The summed E-state index contributed by atoms with van der Waals surface area (Å²) < 4.78 is 14.8. The monoisotopic (exact) mass is 1310 g/mol. The Morgan fingerprint density at radius 3 is 1.06 bits per heavy atom. The second-order valence-electron chi connectivity index (χ2n) is 28.7. The van der Waals surface area contributed by atoms with E-state index in [4.69, 9.17) is 18.8 Å². The Kier molecular flexibility index (Phi) is 29.3. The predicted molar refractivity (Wildman–Crippen MR) is 415 cm³/mol. The molecule has 0 spiro atoms. The van der Waals surface area contributed by atoms with E-state index in [0.29, 0.717) is 0 Å². The Morgan fingerprint density at radius 1 is 0.316 bits per heavy atom. The predicted octanol–water partition coefficient (Wildman–Crippen LogP) is 29.8. The number of hydrogen-bond acceptors (Lipinski definition) is 6. The van der Waals surface area contributed by atoms with Crippen LogP contribution in [0, 0.1) is 0 Å². The third kappa shape index (κ3) is 19.0. The molecule has 0 amide bonds. The molecule has 9 aromatic rings. The number of aromatic nitrogens is 2. The van der Waals surface area contributed by atoms with E-state index in [2.05, 4.69) is 151 Å². The maximum absolute atomic E-state index is 7.44. The summed E-state index contributed by atoms with van der Waals surface area (Å²) >= 11 is 3.91. The van der Waals surface area contributed by atoms with Gasteiger partial charge in [0.05, 0.1) is 11.1 Å². The van der Waals surface area contributed by atoms with Crippen molar-refractivity contribution in [2.24, 2.45) is 0 Å². The highest BCUT2D eigenvalue weighted by molar-refractivity contribution is 7.19. The number of rotatable bonds is 47. The summed E-state index contributed by atoms with van der Waals surface area (Å²) in [6.45, 7) is 14.0. The van der Waals surface area contributed by atoms with Crippen molar-refractivity contribution in [3.8, 4) is 64.0 Å². The Bertz CT molecular complexity index is 3600. The lowest BCUT2D eigenvalue weighted by Crippen LogP contribution is -2.25. The molecule has 10 rings (SSSR count). The van der Waals surface area contributed by atoms with Gasteiger partial charge in [-0.2, -0.15) is 0 Å². The molecule has 1 aliphatic rings. The van der Waals surface area contributed by atoms with Crippen molar-refractivity contribution in [2.45, 2.75) is 317 Å². The van der Waals surface area contributed by atoms with E-state index in [0.717, 1.165) is 83.6 Å². The maximum atomic E-state index is 7.44. The van der Waals surface area contributed by atoms with Crippen LogP contribution in [0.25, 0.3) is 86.2 Å². The fourth-order valence-corrected chi connectivity index (χ4v) is 18.2. The van der Waals surface area contributed by atoms with Gasteiger partial charge in [0.2, 0.25) is 0 Å². The van der Waals surface area contributed by atoms with Gasteiger partial charge in [-0.05, 0) is 131 Å². The minimum absolute atomic E-state index is 0.0648. The number of nitrogens with zero attached hydrogens (tertiary/aromatic N) is 2. The number of unbranched alkanes of at least 4 members (excludes halogenated alkanes) is 30. The van der Waals surface area contributed by atoms with Gasteiger partial charge in [0.25, 0.3) is 0 Å². The molecule has 0 saturated carbocycles. The summed E-state index contributed by atoms with van der Waals surface area (Å²) in [5.41, 5.74) is 20.0. The van der Waals surface area contributed by atoms with Crippen LogP contribution in [0.5, 0.6) is 0 Å². The molecule has 4 heterocycles. The molecule has 5 aromatic carbocycles. The summed E-state index contributed by atoms with van der Waals surface area (Å²) in [4.78, 5) is 16.7. The van der Waals surface area contributed by atoms with Crippen LogP contribution in [0.1, 0.15) is 320 Å². The molecule has 95 heavy (non-hydrogen) atoms. The summed E-state index contributed by atoms with van der Waals surface area (Å²) in [5.74, 6) is 1.68. The SMILES string of the molecule is CCCCCCCCc1nc2c(-c3cc(CCCCCCCC)c(-c4ccc5c(c4)C(CCCCCCCC)(CCCCCCCC)c4cc(-c6ccccc6)ccc4-5)s3)c3oc(CCCCCCCC)nc3c(-c3cc(CCCCCCCC)c(-c4ccccc4)s3)c2o1. The second kappa shape index (κ2) is 38.6. The number of thiophene rings is 2. The van der Waals surface area contributed by atoms with E-state index in [9.17, 15) is 0 Å². The zero-order valence-corrected chi connectivity index (χ0v) is 61.8. The molecule has 4 nitrogen and oxygen atoms in total. The smallest absolute Gasteiger partial charge is 0.195 e. The van der Waals surface area contributed by atoms with Crippen LogP contribution >= 0.6 is 22.7 Å². The van der Waals surface area contributed by atoms with Gasteiger partial charge < -0.3 is 8.83 Å². The number of aryl methyl sites for hydroxylation is 4. The maximum Gasteiger partial charge on any atom is 0.195 e. The normalized spacial score (nSPS) is 12.7. The van der Waals surface area contributed by atoms with Gasteiger partial charge in [-0.15, -0.1) is 22.7 Å². The van der Waals surface area contributed by atoms with Crippen LogP contribution in [0.2, 0.25) is 0 Å². The highest BCUT2D eigenvalue weighted by atomic mass is 32.1. The van der Waals surface area contributed by atoms with E-state index < -0.39 is 0 Å². The first-order valence-corrected chi connectivity index (χ1v) is 41.0. The molecule has 6 heteroatoms. The third-order valence-electron chi connectivity index (χ3n) is 21.1. The van der Waals surface area contributed by atoms with E-state index in [1.54, 1.807) is 11.1 Å². The highest BCUT2D eigenvalue weighted by Crippen LogP contribution is 2.57. The van der Waals surface area contributed by atoms with Crippen molar-refractivity contribution in [3.05, 3.63) is 143 Å². The zero-order valence-electron chi connectivity index (χ0n) is 60.1. The van der Waals surface area contributed by atoms with E-state index in [-0.39, 0.29) is 5.41 Å². The van der Waals surface area contributed by atoms with Gasteiger partial charge in [0.1, 0.15) is 11.0 Å². The lowest BCUT2D eigenvalue weighted by molar-refractivity contribution is 0.398. The van der Waals surface area contributed by atoms with Crippen LogP contribution in [0.15, 0.2) is 118 Å². The summed E-state index contributed by atoms with van der Waals surface area (Å²) in [6, 6.07) is 42.8. The fourth-order valence-electron chi connectivity index (χ4n) is 15.7. The van der Waals surface area contributed by atoms with Crippen molar-refractivity contribution in [1.29, 1.82) is 0 Å². The topological polar surface area (TPSA) is 52.1 Å². The van der Waals surface area contributed by atoms with Crippen LogP contribution in [-0.4, -0.2) is 9.97 Å². The number of oxazole rings is 2. The van der Waals surface area contributed by atoms with E-state index in [1.165, 1.54) is 295 Å². The second-order valence-corrected chi connectivity index (χ2v) is 30.8. The summed E-state index contributed by atoms with van der Waals surface area (Å²) in [6.07, 6.45) is 51.8. The highest BCUT2D eigenvalue weighted by Gasteiger charge is 2.43. The van der Waals surface area contributed by atoms with Crippen molar-refractivity contribution in [1.82, 2.24) is 9.97 Å². The standard InChI is InChI=1S/C89H120N2O2S2/c1-7-13-19-25-31-39-53-70-65-77(94-87(70)68-51-43-38-44-52-68)81-83-86(93-79(90-83)55-45-33-27-21-15-9-3)82(84-85(81)92-80(91-84)56-46-34-28-22-16-10-4)78-66-71(54-40-32-26-20-14-8-2)88(95-78)72-58-60-74-73-59-57-69(67-49-41-37-42-50-67)63-75(73)89(76(74)64-72,61-47-35-29-23-17-11-5)62-48-36-30-24-18-12-6/h37-38,41-44,49-52,57-60,63-66H,7-36,39-40,45-48,53-56,61-62H2,1-6H3. The summed E-state index contributed by atoms with van der Waals surface area (Å²) in [7, 11) is 0. The average molecular weight is 1310 g/mol. The molecule has 0 radical (unpaired) electrons. The van der Waals surface area contributed by atoms with Crippen molar-refractivity contribution in [3.63, 3.8) is 0 Å². The molecule has 1 aliphatic carbocycles. The number of benzene rings is 5. The molecular formula is C89H120N2O2S2. The first-order valence-electron chi connectivity index (χ1n) is 39.3. The van der Waals surface area contributed by atoms with Crippen LogP contribution in [0.3, 0.4) is 0 Å². The first-order chi connectivity index (χ1) is 46.9. The van der Waals surface area contributed by atoms with E-state index in [1.807, 2.05) is 22.7 Å². The average Bonchev–Trinajstić information content (AvgIpc) is 1.57. The molecule has 510 valence electrons. The van der Waals surface area contributed by atoms with Crippen LogP contribution in [-0.2, 0) is 31.1 Å². The molecule has 0 aliphatic heterocycles. The molecule has 0 bridgehead atoms. The largest absolute Gasteiger partial charge is 0.440 e. The Morgan fingerprint density at radius 2 is 0.653 bits per heavy atom. The molecule has 0 saturated heterocycles. The lowest BCUT2D eigenvalue weighted by atomic mass is 9.70. The van der Waals surface area contributed by atoms with Gasteiger partial charge in [-0.1, -0.05) is 332 Å². The van der Waals surface area contributed by atoms with Gasteiger partial charge in [0.15, 0.2) is 22.9 Å². The molecule has 0 atom stereocenters. The minimum atomic E-state index is -0.0648. The van der Waals surface area contributed by atoms with Crippen molar-refractivity contribution < 1.29 is 8.83 Å². The van der Waals surface area contributed by atoms with Crippen LogP contribution in [0.4, 0.5) is 0 Å². The number of fused-ring (bicyclic) bond motifs is 5. The van der Waals surface area contributed by atoms with Gasteiger partial charge >= 0.3 is 0 Å². The summed E-state index contributed by atoms with van der Waals surface area (Å²) in [5, 5.41) is 0. The Labute approximate surface area is 583 Å². The molecule has 0 N–H and O–H groups in total. The van der Waals surface area contributed by atoms with E-state index >= 15 is 0 Å². The number of hydrogen-bond donors (Lipinski definition) is 0. The Hall–Kier alpha value is -5.56. The molecule has 0 fully saturated rings. The van der Waals surface area contributed by atoms with Gasteiger partial charge in [-0.25, -0.2) is 9.97 Å². The van der Waals surface area contributed by atoms with Gasteiger partial charge in [-0.3, -0.25) is 0 Å². The van der Waals surface area contributed by atoms with Crippen LogP contribution < -0.4 is 0 Å². The Balaban J connectivity index is 1.15.